The Morgan fingerprint density at radius 2 is 2.00 bits per heavy atom. The van der Waals surface area contributed by atoms with Gasteiger partial charge in [0.15, 0.2) is 12.2 Å². The number of aliphatic hydroxyl groups is 1. The van der Waals surface area contributed by atoms with E-state index in [1.54, 1.807) is 18.2 Å². The lowest BCUT2D eigenvalue weighted by Crippen LogP contribution is -2.55. The summed E-state index contributed by atoms with van der Waals surface area (Å²) in [6.45, 7) is 0.275. The van der Waals surface area contributed by atoms with Crippen LogP contribution < -0.4 is 20.7 Å². The zero-order valence-electron chi connectivity index (χ0n) is 16.7. The Labute approximate surface area is 183 Å². The van der Waals surface area contributed by atoms with Crippen LogP contribution in [0.4, 0.5) is 17.1 Å². The molecular weight excluding hydrogens is 438 g/mol. The van der Waals surface area contributed by atoms with Gasteiger partial charge in [-0.2, -0.15) is 0 Å². The molecule has 0 aliphatic carbocycles. The predicted molar refractivity (Wildman–Crippen MR) is 117 cm³/mol. The number of morpholine rings is 1. The lowest BCUT2D eigenvalue weighted by molar-refractivity contribution is -0.150. The van der Waals surface area contributed by atoms with Crippen LogP contribution in [0.2, 0.25) is 0 Å². The van der Waals surface area contributed by atoms with Crippen molar-refractivity contribution in [2.75, 3.05) is 28.1 Å². The number of rotatable bonds is 5. The van der Waals surface area contributed by atoms with E-state index in [0.717, 1.165) is 0 Å². The lowest BCUT2D eigenvalue weighted by atomic mass is 10.1. The Morgan fingerprint density at radius 3 is 2.69 bits per heavy atom. The van der Waals surface area contributed by atoms with Gasteiger partial charge in [0.1, 0.15) is 5.84 Å². The Balaban J connectivity index is 1.47. The number of nitrogens with two attached hydrogens (primary N) is 1. The Kier molecular flexibility index (Phi) is 5.59. The normalized spacial score (nSPS) is 20.2. The Hall–Kier alpha value is -3.48. The minimum atomic E-state index is -3.43. The number of ether oxygens (including phenoxy) is 1. The monoisotopic (exact) mass is 459 g/mol. The van der Waals surface area contributed by atoms with Gasteiger partial charge in [0.25, 0.3) is 11.8 Å². The van der Waals surface area contributed by atoms with Crippen LogP contribution in [0.1, 0.15) is 11.1 Å². The number of carbonyl (C=O) groups is 2. The number of hydrogen-bond donors (Lipinski definition) is 5. The number of hydrogen-bond acceptors (Lipinski definition) is 7. The van der Waals surface area contributed by atoms with E-state index in [4.69, 9.17) is 15.9 Å². The number of nitrogen functional groups attached to an aromatic ring is 1. The van der Waals surface area contributed by atoms with Gasteiger partial charge in [-0.1, -0.05) is 0 Å². The molecule has 0 bridgehead atoms. The van der Waals surface area contributed by atoms with E-state index < -0.39 is 34.0 Å². The average molecular weight is 459 g/mol. The zero-order valence-corrected chi connectivity index (χ0v) is 17.6. The molecule has 12 heteroatoms. The number of amidine groups is 1. The molecule has 2 aromatic rings. The molecule has 32 heavy (non-hydrogen) atoms. The van der Waals surface area contributed by atoms with Crippen LogP contribution in [0.3, 0.4) is 0 Å². The number of nitrogens with zero attached hydrogens (tertiary/aromatic N) is 1. The highest BCUT2D eigenvalue weighted by Crippen LogP contribution is 2.32. The molecule has 11 nitrogen and oxygen atoms in total. The second-order valence-corrected chi connectivity index (χ2v) is 9.13. The summed E-state index contributed by atoms with van der Waals surface area (Å²) in [4.78, 5) is 26.8. The van der Waals surface area contributed by atoms with Gasteiger partial charge in [0.05, 0.1) is 18.0 Å². The van der Waals surface area contributed by atoms with Gasteiger partial charge in [-0.3, -0.25) is 19.7 Å². The molecule has 2 aromatic carbocycles. The number of fused-ring (bicyclic) bond motifs is 1. The fraction of sp³-hybridized carbons (Fsp3) is 0.250. The summed E-state index contributed by atoms with van der Waals surface area (Å²) in [6, 6.07) is 10.9. The molecule has 1 fully saturated rings. The van der Waals surface area contributed by atoms with Crippen LogP contribution in [0.5, 0.6) is 0 Å². The van der Waals surface area contributed by atoms with Crippen LogP contribution in [-0.2, 0) is 30.1 Å². The maximum absolute atomic E-state index is 13.0. The van der Waals surface area contributed by atoms with Crippen molar-refractivity contribution in [2.24, 2.45) is 5.73 Å². The van der Waals surface area contributed by atoms with Gasteiger partial charge in [0, 0.05) is 23.5 Å². The van der Waals surface area contributed by atoms with Crippen LogP contribution >= 0.6 is 0 Å². The second kappa shape index (κ2) is 8.22. The van der Waals surface area contributed by atoms with Crippen molar-refractivity contribution < 1.29 is 27.9 Å². The van der Waals surface area contributed by atoms with Crippen molar-refractivity contribution >= 4 is 44.7 Å². The smallest absolute Gasteiger partial charge is 0.259 e. The molecule has 2 aliphatic heterocycles. The highest BCUT2D eigenvalue weighted by atomic mass is 32.2. The molecule has 0 radical (unpaired) electrons. The molecule has 2 heterocycles. The first-order valence-corrected chi connectivity index (χ1v) is 11.3. The number of anilines is 3. The Bertz CT molecular complexity index is 1200. The third-order valence-electron chi connectivity index (χ3n) is 5.15. The van der Waals surface area contributed by atoms with Gasteiger partial charge in [-0.05, 0) is 48.0 Å². The third-order valence-corrected chi connectivity index (χ3v) is 6.37. The molecule has 0 spiro atoms. The number of nitrogens with one attached hydrogen (secondary N) is 3. The van der Waals surface area contributed by atoms with Crippen molar-refractivity contribution in [3.8, 4) is 0 Å². The number of aliphatic hydroxyl groups excluding tert-OH is 1. The van der Waals surface area contributed by atoms with E-state index in [1.165, 1.54) is 29.2 Å². The molecular formula is C20H21N5O6S. The third kappa shape index (κ3) is 4.28. The van der Waals surface area contributed by atoms with Gasteiger partial charge in [-0.15, -0.1) is 0 Å². The summed E-state index contributed by atoms with van der Waals surface area (Å²) in [5.41, 5.74) is 7.67. The maximum atomic E-state index is 13.0. The van der Waals surface area contributed by atoms with Crippen LogP contribution in [-0.4, -0.2) is 56.5 Å². The molecule has 4 rings (SSSR count). The molecule has 1 saturated heterocycles. The molecule has 2 aliphatic rings. The number of amides is 2. The first kappa shape index (κ1) is 21.7. The van der Waals surface area contributed by atoms with Crippen molar-refractivity contribution in [2.45, 2.75) is 18.0 Å². The van der Waals surface area contributed by atoms with Crippen molar-refractivity contribution in [1.82, 2.24) is 0 Å². The summed E-state index contributed by atoms with van der Waals surface area (Å²) >= 11 is 0. The van der Waals surface area contributed by atoms with E-state index in [9.17, 15) is 23.1 Å². The van der Waals surface area contributed by atoms with E-state index in [2.05, 4.69) is 10.0 Å². The summed E-state index contributed by atoms with van der Waals surface area (Å²) in [6.07, 6.45) is -3.19. The largest absolute Gasteiger partial charge is 0.384 e. The van der Waals surface area contributed by atoms with Crippen LogP contribution in [0.15, 0.2) is 42.5 Å². The standard InChI is InChI=1S/C20H21N5O6S/c21-18(22)11-1-3-13(4-2-11)23-19(27)16(26)17-20(28)25(7-8-31-17)14-5-6-15-12(9-14)10-32(29,30)24-15/h1-6,9,16-17,24,26H,7-8,10H2,(H3,21,22)(H,23,27)/t16-,17-/m1/s1. The fourth-order valence-electron chi connectivity index (χ4n) is 3.55. The minimum Gasteiger partial charge on any atom is -0.384 e. The minimum absolute atomic E-state index is 0.0850. The molecule has 0 aromatic heterocycles. The maximum Gasteiger partial charge on any atom is 0.259 e. The van der Waals surface area contributed by atoms with Crippen LogP contribution in [0.25, 0.3) is 0 Å². The van der Waals surface area contributed by atoms with Crippen molar-refractivity contribution in [3.63, 3.8) is 0 Å². The highest BCUT2D eigenvalue weighted by molar-refractivity contribution is 7.92. The fourth-order valence-corrected chi connectivity index (χ4v) is 4.81. The molecule has 6 N–H and O–H groups in total. The van der Waals surface area contributed by atoms with Crippen molar-refractivity contribution in [3.05, 3.63) is 53.6 Å². The first-order valence-electron chi connectivity index (χ1n) is 9.64. The molecule has 0 saturated carbocycles. The Morgan fingerprint density at radius 1 is 1.28 bits per heavy atom. The van der Waals surface area contributed by atoms with Gasteiger partial charge < -0.3 is 25.8 Å². The summed E-state index contributed by atoms with van der Waals surface area (Å²) in [5.74, 6) is -1.75. The predicted octanol–water partition coefficient (Wildman–Crippen LogP) is -0.0426. The number of sulfonamides is 1. The van der Waals surface area contributed by atoms with Gasteiger partial charge in [-0.25, -0.2) is 8.42 Å². The number of benzene rings is 2. The highest BCUT2D eigenvalue weighted by Gasteiger charge is 2.39. The zero-order chi connectivity index (χ0) is 23.0. The summed E-state index contributed by atoms with van der Waals surface area (Å²) in [7, 11) is -3.43. The van der Waals surface area contributed by atoms with Gasteiger partial charge >= 0.3 is 0 Å². The SMILES string of the molecule is N=C(N)c1ccc(NC(=O)[C@H](O)[C@H]2OCCN(c3ccc4c(c3)CS(=O)(=O)N4)C2=O)cc1. The van der Waals surface area contributed by atoms with E-state index in [-0.39, 0.29) is 24.7 Å². The van der Waals surface area contributed by atoms with Crippen LogP contribution in [0, 0.1) is 5.41 Å². The van der Waals surface area contributed by atoms with E-state index in [0.29, 0.717) is 28.2 Å². The summed E-state index contributed by atoms with van der Waals surface area (Å²) in [5, 5.41) is 20.4. The topological polar surface area (TPSA) is 175 Å². The molecule has 0 unspecified atom stereocenters. The number of carbonyl (C=O) groups excluding carboxylic acids is 2. The van der Waals surface area contributed by atoms with E-state index >= 15 is 0 Å². The average Bonchev–Trinajstić information content (AvgIpc) is 3.06. The second-order valence-electron chi connectivity index (χ2n) is 7.41. The van der Waals surface area contributed by atoms with E-state index in [1.807, 2.05) is 0 Å². The molecule has 2 atom stereocenters. The quantitative estimate of drug-likeness (QED) is 0.308. The molecule has 2 amide bonds. The van der Waals surface area contributed by atoms with Crippen molar-refractivity contribution in [1.29, 1.82) is 5.41 Å². The lowest BCUT2D eigenvalue weighted by Gasteiger charge is -2.34. The first-order chi connectivity index (χ1) is 15.1. The summed E-state index contributed by atoms with van der Waals surface area (Å²) < 4.78 is 31.3. The molecule has 168 valence electrons. The van der Waals surface area contributed by atoms with Gasteiger partial charge in [0.2, 0.25) is 10.0 Å².